The van der Waals surface area contributed by atoms with Crippen molar-refractivity contribution in [1.82, 2.24) is 24.7 Å². The lowest BCUT2D eigenvalue weighted by molar-refractivity contribution is 0.258. The minimum Gasteiger partial charge on any atom is -0.393 e. The van der Waals surface area contributed by atoms with Gasteiger partial charge in [-0.25, -0.2) is 4.98 Å². The molecule has 0 radical (unpaired) electrons. The molecule has 138 valence electrons. The number of aliphatic hydroxyl groups excluding tert-OH is 1. The van der Waals surface area contributed by atoms with Gasteiger partial charge in [0.25, 0.3) is 0 Å². The van der Waals surface area contributed by atoms with Crippen molar-refractivity contribution in [2.75, 3.05) is 11.9 Å². The lowest BCUT2D eigenvalue weighted by Crippen LogP contribution is -2.12. The number of aliphatic hydroxyl groups is 1. The molecule has 0 bridgehead atoms. The van der Waals surface area contributed by atoms with E-state index >= 15 is 0 Å². The van der Waals surface area contributed by atoms with Crippen molar-refractivity contribution in [3.05, 3.63) is 65.2 Å². The molecule has 8 heteroatoms. The average Bonchev–Trinajstić information content (AvgIpc) is 3.19. The number of aromatic amines is 1. The van der Waals surface area contributed by atoms with Crippen molar-refractivity contribution in [2.24, 2.45) is 0 Å². The Hall–Kier alpha value is -3.96. The van der Waals surface area contributed by atoms with Crippen LogP contribution in [0, 0.1) is 12.3 Å². The van der Waals surface area contributed by atoms with Crippen molar-refractivity contribution in [2.45, 2.75) is 6.04 Å². The molecule has 0 aliphatic carbocycles. The lowest BCUT2D eigenvalue weighted by atomic mass is 10.1. The van der Waals surface area contributed by atoms with Crippen LogP contribution in [-0.2, 0) is 0 Å². The summed E-state index contributed by atoms with van der Waals surface area (Å²) in [6.07, 6.45) is 8.54. The summed E-state index contributed by atoms with van der Waals surface area (Å²) in [6.45, 7) is -0.238. The number of aromatic nitrogens is 5. The van der Waals surface area contributed by atoms with E-state index in [1.54, 1.807) is 22.9 Å². The molecule has 0 aliphatic rings. The first-order valence-corrected chi connectivity index (χ1v) is 8.52. The first-order valence-electron chi connectivity index (χ1n) is 8.52. The van der Waals surface area contributed by atoms with Crippen molar-refractivity contribution in [3.63, 3.8) is 0 Å². The summed E-state index contributed by atoms with van der Waals surface area (Å²) in [5.41, 5.74) is 1.81. The van der Waals surface area contributed by atoms with Gasteiger partial charge < -0.3 is 15.4 Å². The molecular formula is C20H16N6O2. The SMILES string of the molecule is C#C[C@@H](CO)n1cnnc1-c1cccc(Nc2cccc3[nH]ccc(=O)c23)n1. The van der Waals surface area contributed by atoms with Crippen molar-refractivity contribution < 1.29 is 5.11 Å². The monoisotopic (exact) mass is 372 g/mol. The summed E-state index contributed by atoms with van der Waals surface area (Å²) in [4.78, 5) is 19.9. The number of terminal acetylenes is 1. The number of pyridine rings is 2. The van der Waals surface area contributed by atoms with Gasteiger partial charge in [0.2, 0.25) is 0 Å². The van der Waals surface area contributed by atoms with Gasteiger partial charge in [-0.05, 0) is 24.3 Å². The number of rotatable bonds is 5. The fourth-order valence-electron chi connectivity index (χ4n) is 2.97. The van der Waals surface area contributed by atoms with E-state index < -0.39 is 6.04 Å². The molecule has 28 heavy (non-hydrogen) atoms. The van der Waals surface area contributed by atoms with Crippen LogP contribution in [0.25, 0.3) is 22.4 Å². The molecule has 1 aromatic carbocycles. The first kappa shape index (κ1) is 17.5. The van der Waals surface area contributed by atoms with Gasteiger partial charge in [0.1, 0.15) is 23.9 Å². The zero-order valence-corrected chi connectivity index (χ0v) is 14.7. The summed E-state index contributed by atoms with van der Waals surface area (Å²) in [6, 6.07) is 11.8. The van der Waals surface area contributed by atoms with Crippen LogP contribution < -0.4 is 10.7 Å². The number of H-pyrrole nitrogens is 1. The number of fused-ring (bicyclic) bond motifs is 1. The summed E-state index contributed by atoms with van der Waals surface area (Å²) in [7, 11) is 0. The largest absolute Gasteiger partial charge is 0.393 e. The number of nitrogens with one attached hydrogen (secondary N) is 2. The van der Waals surface area contributed by atoms with Gasteiger partial charge in [-0.15, -0.1) is 16.6 Å². The third-order valence-electron chi connectivity index (χ3n) is 4.30. The van der Waals surface area contributed by atoms with Crippen LogP contribution in [0.5, 0.6) is 0 Å². The number of hydrogen-bond donors (Lipinski definition) is 3. The minimum atomic E-state index is -0.583. The first-order chi connectivity index (χ1) is 13.7. The van der Waals surface area contributed by atoms with Gasteiger partial charge in [-0.1, -0.05) is 18.1 Å². The predicted octanol–water partition coefficient (Wildman–Crippen LogP) is 2.09. The topological polar surface area (TPSA) is 109 Å². The number of nitrogens with zero attached hydrogens (tertiary/aromatic N) is 4. The van der Waals surface area contributed by atoms with Crippen LogP contribution >= 0.6 is 0 Å². The van der Waals surface area contributed by atoms with E-state index in [0.717, 1.165) is 5.52 Å². The quantitative estimate of drug-likeness (QED) is 0.463. The molecule has 0 amide bonds. The van der Waals surface area contributed by atoms with E-state index in [4.69, 9.17) is 6.42 Å². The Morgan fingerprint density at radius 3 is 2.93 bits per heavy atom. The number of hydrogen-bond acceptors (Lipinski definition) is 6. The summed E-state index contributed by atoms with van der Waals surface area (Å²) >= 11 is 0. The van der Waals surface area contributed by atoms with Crippen LogP contribution in [0.2, 0.25) is 0 Å². The van der Waals surface area contributed by atoms with Crippen LogP contribution in [0.1, 0.15) is 6.04 Å². The molecule has 4 rings (SSSR count). The standard InChI is InChI=1S/C20H16N6O2/c1-2-13(11-27)26-12-22-25-20(26)16-7-4-8-18(24-16)23-15-6-3-5-14-19(15)17(28)9-10-21-14/h1,3-10,12-13,27H,11H2,(H,21,28)(H,23,24)/t13-/m0/s1. The highest BCUT2D eigenvalue weighted by atomic mass is 16.3. The van der Waals surface area contributed by atoms with Gasteiger partial charge in [0.15, 0.2) is 11.3 Å². The van der Waals surface area contributed by atoms with Gasteiger partial charge in [0.05, 0.1) is 23.2 Å². The molecule has 8 nitrogen and oxygen atoms in total. The van der Waals surface area contributed by atoms with E-state index in [1.807, 2.05) is 24.3 Å². The van der Waals surface area contributed by atoms with Crippen molar-refractivity contribution >= 4 is 22.4 Å². The third-order valence-corrected chi connectivity index (χ3v) is 4.30. The number of benzene rings is 1. The van der Waals surface area contributed by atoms with Crippen molar-refractivity contribution in [1.29, 1.82) is 0 Å². The van der Waals surface area contributed by atoms with Gasteiger partial charge in [0, 0.05) is 12.3 Å². The Kier molecular flexibility index (Phi) is 4.58. The minimum absolute atomic E-state index is 0.0902. The maximum absolute atomic E-state index is 12.3. The second-order valence-corrected chi connectivity index (χ2v) is 6.03. The van der Waals surface area contributed by atoms with E-state index in [1.165, 1.54) is 12.4 Å². The summed E-state index contributed by atoms with van der Waals surface area (Å²) < 4.78 is 1.59. The molecule has 4 aromatic rings. The molecule has 3 aromatic heterocycles. The normalized spacial score (nSPS) is 11.9. The highest BCUT2D eigenvalue weighted by Crippen LogP contribution is 2.24. The Balaban J connectivity index is 1.73. The second-order valence-electron chi connectivity index (χ2n) is 6.03. The molecule has 0 aliphatic heterocycles. The van der Waals surface area contributed by atoms with E-state index in [-0.39, 0.29) is 12.0 Å². The Morgan fingerprint density at radius 1 is 1.25 bits per heavy atom. The maximum atomic E-state index is 12.3. The molecule has 0 spiro atoms. The molecule has 0 fully saturated rings. The smallest absolute Gasteiger partial charge is 0.191 e. The fraction of sp³-hybridized carbons (Fsp3) is 0.100. The maximum Gasteiger partial charge on any atom is 0.191 e. The molecule has 0 unspecified atom stereocenters. The Morgan fingerprint density at radius 2 is 2.11 bits per heavy atom. The van der Waals surface area contributed by atoms with E-state index in [2.05, 4.69) is 31.4 Å². The molecule has 3 N–H and O–H groups in total. The second kappa shape index (κ2) is 7.34. The third kappa shape index (κ3) is 3.11. The fourth-order valence-corrected chi connectivity index (χ4v) is 2.97. The van der Waals surface area contributed by atoms with Gasteiger partial charge >= 0.3 is 0 Å². The van der Waals surface area contributed by atoms with Crippen LogP contribution in [-0.4, -0.2) is 36.4 Å². The summed E-state index contributed by atoms with van der Waals surface area (Å²) in [5, 5.41) is 21.2. The number of anilines is 2. The van der Waals surface area contributed by atoms with E-state index in [9.17, 15) is 9.90 Å². The lowest BCUT2D eigenvalue weighted by Gasteiger charge is -2.12. The zero-order valence-electron chi connectivity index (χ0n) is 14.7. The highest BCUT2D eigenvalue weighted by Gasteiger charge is 2.15. The Bertz CT molecular complexity index is 1230. The van der Waals surface area contributed by atoms with Crippen LogP contribution in [0.3, 0.4) is 0 Å². The average molecular weight is 372 g/mol. The molecule has 0 saturated carbocycles. The van der Waals surface area contributed by atoms with Crippen LogP contribution in [0.15, 0.2) is 59.8 Å². The molecule has 3 heterocycles. The predicted molar refractivity (Wildman–Crippen MR) is 106 cm³/mol. The summed E-state index contributed by atoms with van der Waals surface area (Å²) in [5.74, 6) is 3.47. The van der Waals surface area contributed by atoms with Gasteiger partial charge in [-0.3, -0.25) is 9.36 Å². The molecular weight excluding hydrogens is 356 g/mol. The van der Waals surface area contributed by atoms with Crippen molar-refractivity contribution in [3.8, 4) is 23.9 Å². The molecule has 0 saturated heterocycles. The zero-order chi connectivity index (χ0) is 19.5. The highest BCUT2D eigenvalue weighted by molar-refractivity contribution is 5.92. The van der Waals surface area contributed by atoms with E-state index in [0.29, 0.717) is 28.4 Å². The molecule has 1 atom stereocenters. The Labute approximate surface area is 159 Å². The van der Waals surface area contributed by atoms with Crippen LogP contribution in [0.4, 0.5) is 11.5 Å². The van der Waals surface area contributed by atoms with Gasteiger partial charge in [-0.2, -0.15) is 0 Å².